The van der Waals surface area contributed by atoms with E-state index in [0.717, 1.165) is 0 Å². The van der Waals surface area contributed by atoms with Crippen LogP contribution in [0.1, 0.15) is 31.1 Å². The topological polar surface area (TPSA) is 87.0 Å². The van der Waals surface area contributed by atoms with Gasteiger partial charge in [-0.25, -0.2) is 18.4 Å². The SMILES string of the molecule is COc1ncnc2c1nc(C(C)Cl)n2C(C)CS(C)(=O)=O. The van der Waals surface area contributed by atoms with E-state index >= 15 is 0 Å². The van der Waals surface area contributed by atoms with Gasteiger partial charge in [0.15, 0.2) is 11.2 Å². The summed E-state index contributed by atoms with van der Waals surface area (Å²) in [5, 5.41) is -0.397. The van der Waals surface area contributed by atoms with Gasteiger partial charge in [0.1, 0.15) is 22.0 Å². The Labute approximate surface area is 128 Å². The molecule has 0 aliphatic heterocycles. The molecule has 0 saturated carbocycles. The standard InChI is InChI=1S/C12H17ClN4O3S/c1-7(5-21(4,18)19)17-10(8(2)13)16-9-11(17)14-6-15-12(9)20-3/h6-8H,5H2,1-4H3. The molecule has 2 aromatic rings. The van der Waals surface area contributed by atoms with Crippen LogP contribution in [0.2, 0.25) is 0 Å². The Morgan fingerprint density at radius 1 is 1.38 bits per heavy atom. The molecule has 2 atom stereocenters. The molecule has 0 aromatic carbocycles. The Morgan fingerprint density at radius 3 is 2.57 bits per heavy atom. The van der Waals surface area contributed by atoms with Gasteiger partial charge >= 0.3 is 0 Å². The van der Waals surface area contributed by atoms with E-state index in [9.17, 15) is 8.42 Å². The summed E-state index contributed by atoms with van der Waals surface area (Å²) in [6.45, 7) is 3.56. The predicted octanol–water partition coefficient (Wildman–Crippen LogP) is 1.74. The molecular weight excluding hydrogens is 316 g/mol. The minimum Gasteiger partial charge on any atom is -0.479 e. The van der Waals surface area contributed by atoms with Gasteiger partial charge in [0.25, 0.3) is 0 Å². The van der Waals surface area contributed by atoms with Gasteiger partial charge in [-0.1, -0.05) is 0 Å². The van der Waals surface area contributed by atoms with E-state index in [0.29, 0.717) is 22.9 Å². The van der Waals surface area contributed by atoms with Crippen LogP contribution in [0.15, 0.2) is 6.33 Å². The normalized spacial score (nSPS) is 15.1. The highest BCUT2D eigenvalue weighted by Crippen LogP contribution is 2.30. The summed E-state index contributed by atoms with van der Waals surface area (Å²) in [4.78, 5) is 12.6. The van der Waals surface area contributed by atoms with Gasteiger partial charge in [-0.2, -0.15) is 4.98 Å². The highest BCUT2D eigenvalue weighted by molar-refractivity contribution is 7.90. The minimum absolute atomic E-state index is 0.0264. The van der Waals surface area contributed by atoms with Crippen LogP contribution < -0.4 is 4.74 Å². The van der Waals surface area contributed by atoms with Crippen molar-refractivity contribution in [3.63, 3.8) is 0 Å². The zero-order valence-corrected chi connectivity index (χ0v) is 13.8. The summed E-state index contributed by atoms with van der Waals surface area (Å²) in [5.74, 6) is 0.854. The molecular formula is C12H17ClN4O3S. The Bertz CT molecular complexity index is 757. The fraction of sp³-hybridized carbons (Fsp3) is 0.583. The van der Waals surface area contributed by atoms with Crippen LogP contribution in [-0.2, 0) is 9.84 Å². The first kappa shape index (κ1) is 16.0. The third kappa shape index (κ3) is 3.26. The molecule has 0 aliphatic rings. The summed E-state index contributed by atoms with van der Waals surface area (Å²) in [7, 11) is -1.65. The minimum atomic E-state index is -3.14. The number of methoxy groups -OCH3 is 1. The molecule has 0 saturated heterocycles. The number of imidazole rings is 1. The summed E-state index contributed by atoms with van der Waals surface area (Å²) in [6.07, 6.45) is 2.55. The van der Waals surface area contributed by atoms with Crippen molar-refractivity contribution in [2.75, 3.05) is 19.1 Å². The van der Waals surface area contributed by atoms with Crippen molar-refractivity contribution in [3.8, 4) is 5.88 Å². The number of ether oxygens (including phenoxy) is 1. The molecule has 0 aliphatic carbocycles. The Kier molecular flexibility index (Phi) is 4.38. The number of rotatable bonds is 5. The van der Waals surface area contributed by atoms with Gasteiger partial charge in [-0.3, -0.25) is 0 Å². The third-order valence-corrected chi connectivity index (χ3v) is 4.29. The fourth-order valence-electron chi connectivity index (χ4n) is 2.28. The number of alkyl halides is 1. The largest absolute Gasteiger partial charge is 0.479 e. The number of hydrogen-bond acceptors (Lipinski definition) is 6. The zero-order valence-electron chi connectivity index (χ0n) is 12.2. The van der Waals surface area contributed by atoms with Crippen LogP contribution in [0.5, 0.6) is 5.88 Å². The van der Waals surface area contributed by atoms with Crippen molar-refractivity contribution in [1.82, 2.24) is 19.5 Å². The first-order valence-electron chi connectivity index (χ1n) is 6.33. The summed E-state index contributed by atoms with van der Waals surface area (Å²) < 4.78 is 30.0. The predicted molar refractivity (Wildman–Crippen MR) is 80.6 cm³/mol. The van der Waals surface area contributed by atoms with Crippen LogP contribution in [0, 0.1) is 0 Å². The van der Waals surface area contributed by atoms with Crippen molar-refractivity contribution in [2.24, 2.45) is 0 Å². The molecule has 0 amide bonds. The van der Waals surface area contributed by atoms with E-state index in [1.54, 1.807) is 18.4 Å². The van der Waals surface area contributed by atoms with Gasteiger partial charge in [0.2, 0.25) is 5.88 Å². The van der Waals surface area contributed by atoms with Crippen LogP contribution in [0.4, 0.5) is 0 Å². The number of sulfone groups is 1. The molecule has 2 aromatic heterocycles. The van der Waals surface area contributed by atoms with Crippen molar-refractivity contribution in [1.29, 1.82) is 0 Å². The van der Waals surface area contributed by atoms with Gasteiger partial charge in [0, 0.05) is 12.3 Å². The average molecular weight is 333 g/mol. The number of hydrogen-bond donors (Lipinski definition) is 0. The lowest BCUT2D eigenvalue weighted by Crippen LogP contribution is -2.19. The van der Waals surface area contributed by atoms with Gasteiger partial charge in [-0.15, -0.1) is 11.6 Å². The number of halogens is 1. The van der Waals surface area contributed by atoms with Crippen LogP contribution in [0.3, 0.4) is 0 Å². The van der Waals surface area contributed by atoms with Crippen LogP contribution >= 0.6 is 11.6 Å². The Morgan fingerprint density at radius 2 is 2.05 bits per heavy atom. The molecule has 2 rings (SSSR count). The Balaban J connectivity index is 2.67. The van der Waals surface area contributed by atoms with E-state index in [2.05, 4.69) is 15.0 Å². The zero-order chi connectivity index (χ0) is 15.8. The van der Waals surface area contributed by atoms with Crippen molar-refractivity contribution < 1.29 is 13.2 Å². The fourth-order valence-corrected chi connectivity index (χ4v) is 3.46. The molecule has 21 heavy (non-hydrogen) atoms. The molecule has 0 N–H and O–H groups in total. The maximum atomic E-state index is 11.6. The molecule has 0 bridgehead atoms. The highest BCUT2D eigenvalue weighted by atomic mass is 35.5. The smallest absolute Gasteiger partial charge is 0.245 e. The number of aromatic nitrogens is 4. The van der Waals surface area contributed by atoms with Crippen molar-refractivity contribution in [2.45, 2.75) is 25.3 Å². The number of fused-ring (bicyclic) bond motifs is 1. The maximum absolute atomic E-state index is 11.6. The lowest BCUT2D eigenvalue weighted by Gasteiger charge is -2.17. The monoisotopic (exact) mass is 332 g/mol. The summed E-state index contributed by atoms with van der Waals surface area (Å²) in [5.41, 5.74) is 0.989. The summed E-state index contributed by atoms with van der Waals surface area (Å²) in [6, 6.07) is -0.346. The second kappa shape index (κ2) is 5.76. The second-order valence-electron chi connectivity index (χ2n) is 4.95. The third-order valence-electron chi connectivity index (χ3n) is 3.00. The molecule has 9 heteroatoms. The van der Waals surface area contributed by atoms with Gasteiger partial charge < -0.3 is 9.30 Å². The average Bonchev–Trinajstić information content (AvgIpc) is 2.75. The van der Waals surface area contributed by atoms with Crippen molar-refractivity contribution in [3.05, 3.63) is 12.2 Å². The molecule has 7 nitrogen and oxygen atoms in total. The van der Waals surface area contributed by atoms with E-state index in [1.165, 1.54) is 19.7 Å². The van der Waals surface area contributed by atoms with E-state index in [1.807, 2.05) is 0 Å². The molecule has 2 heterocycles. The Hall–Kier alpha value is -1.41. The quantitative estimate of drug-likeness (QED) is 0.775. The molecule has 0 radical (unpaired) electrons. The second-order valence-corrected chi connectivity index (χ2v) is 7.79. The highest BCUT2D eigenvalue weighted by Gasteiger charge is 2.24. The van der Waals surface area contributed by atoms with Gasteiger partial charge in [-0.05, 0) is 13.8 Å². The van der Waals surface area contributed by atoms with E-state index < -0.39 is 15.2 Å². The van der Waals surface area contributed by atoms with E-state index in [4.69, 9.17) is 16.3 Å². The lowest BCUT2D eigenvalue weighted by molar-refractivity contribution is 0.401. The molecule has 0 fully saturated rings. The number of nitrogens with zero attached hydrogens (tertiary/aromatic N) is 4. The molecule has 2 unspecified atom stereocenters. The summed E-state index contributed by atoms with van der Waals surface area (Å²) >= 11 is 6.17. The first-order valence-corrected chi connectivity index (χ1v) is 8.83. The van der Waals surface area contributed by atoms with Crippen LogP contribution in [-0.4, -0.2) is 47.1 Å². The molecule has 116 valence electrons. The van der Waals surface area contributed by atoms with Gasteiger partial charge in [0.05, 0.1) is 18.2 Å². The van der Waals surface area contributed by atoms with Crippen molar-refractivity contribution >= 4 is 32.6 Å². The first-order chi connectivity index (χ1) is 9.74. The lowest BCUT2D eigenvalue weighted by atomic mass is 10.3. The maximum Gasteiger partial charge on any atom is 0.245 e. The van der Waals surface area contributed by atoms with Crippen LogP contribution in [0.25, 0.3) is 11.2 Å². The molecule has 0 spiro atoms. The van der Waals surface area contributed by atoms with E-state index in [-0.39, 0.29) is 11.8 Å².